The van der Waals surface area contributed by atoms with E-state index in [1.165, 1.54) is 69.5 Å². The maximum absolute atomic E-state index is 4.55. The van der Waals surface area contributed by atoms with Gasteiger partial charge in [0.2, 0.25) is 0 Å². The zero-order valence-corrected chi connectivity index (χ0v) is 19.9. The average molecular weight is 441 g/mol. The van der Waals surface area contributed by atoms with E-state index in [2.05, 4.69) is 55.7 Å². The molecule has 6 nitrogen and oxygen atoms in total. The Morgan fingerprint density at radius 3 is 2.84 bits per heavy atom. The van der Waals surface area contributed by atoms with Crippen LogP contribution in [0, 0.1) is 5.92 Å². The Hall–Kier alpha value is -1.60. The van der Waals surface area contributed by atoms with Crippen LogP contribution in [-0.4, -0.2) is 62.1 Å². The summed E-state index contributed by atoms with van der Waals surface area (Å²) < 4.78 is 2.26. The maximum atomic E-state index is 4.55. The fraction of sp³-hybridized carbons (Fsp3) is 0.708. The topological polar surface area (TPSA) is 50.1 Å². The predicted molar refractivity (Wildman–Crippen MR) is 127 cm³/mol. The maximum Gasteiger partial charge on any atom is 0.190 e. The molecule has 4 heterocycles. The molecule has 2 atom stereocenters. The van der Waals surface area contributed by atoms with Crippen molar-refractivity contribution < 1.29 is 0 Å². The molecule has 2 saturated heterocycles. The van der Waals surface area contributed by atoms with Gasteiger partial charge in [0.15, 0.2) is 5.16 Å². The first-order valence-electron chi connectivity index (χ1n) is 12.1. The molecule has 0 bridgehead atoms. The average Bonchev–Trinajstić information content (AvgIpc) is 3.42. The number of fused-ring (bicyclic) bond motifs is 1. The molecule has 3 fully saturated rings. The summed E-state index contributed by atoms with van der Waals surface area (Å²) in [5, 5.41) is 10.2. The van der Waals surface area contributed by atoms with Gasteiger partial charge >= 0.3 is 0 Å². The number of hydrogen-bond acceptors (Lipinski definition) is 6. The van der Waals surface area contributed by atoms with Gasteiger partial charge in [0.25, 0.3) is 0 Å². The molecule has 0 N–H and O–H groups in total. The Morgan fingerprint density at radius 1 is 1.16 bits per heavy atom. The Balaban J connectivity index is 1.11. The molecule has 2 aromatic heterocycles. The molecular weight excluding hydrogens is 404 g/mol. The Kier molecular flexibility index (Phi) is 6.24. The lowest BCUT2D eigenvalue weighted by Gasteiger charge is -2.37. The van der Waals surface area contributed by atoms with E-state index in [9.17, 15) is 0 Å². The molecule has 2 aliphatic heterocycles. The van der Waals surface area contributed by atoms with Crippen molar-refractivity contribution in [3.8, 4) is 0 Å². The van der Waals surface area contributed by atoms with Gasteiger partial charge in [-0.25, -0.2) is 0 Å². The van der Waals surface area contributed by atoms with Crippen molar-refractivity contribution in [2.75, 3.05) is 36.8 Å². The fourth-order valence-corrected chi connectivity index (χ4v) is 6.97. The smallest absolute Gasteiger partial charge is 0.190 e. The van der Waals surface area contributed by atoms with Crippen LogP contribution in [0.25, 0.3) is 0 Å². The number of hydrogen-bond donors (Lipinski definition) is 0. The van der Waals surface area contributed by atoms with Gasteiger partial charge in [0.05, 0.1) is 17.4 Å². The van der Waals surface area contributed by atoms with Crippen LogP contribution in [0.1, 0.15) is 63.6 Å². The zero-order chi connectivity index (χ0) is 21.3. The van der Waals surface area contributed by atoms with Gasteiger partial charge < -0.3 is 14.4 Å². The predicted octanol–water partition coefficient (Wildman–Crippen LogP) is 4.34. The first-order chi connectivity index (χ1) is 15.1. The molecule has 1 saturated carbocycles. The second-order valence-corrected chi connectivity index (χ2v) is 10.9. The molecule has 0 aromatic carbocycles. The highest BCUT2D eigenvalue weighted by Gasteiger charge is 2.50. The molecule has 7 heteroatoms. The highest BCUT2D eigenvalue weighted by Crippen LogP contribution is 2.43. The highest BCUT2D eigenvalue weighted by molar-refractivity contribution is 7.99. The van der Waals surface area contributed by atoms with Gasteiger partial charge in [-0.2, -0.15) is 0 Å². The molecular formula is C24H36N6S. The van der Waals surface area contributed by atoms with Gasteiger partial charge in [-0.15, -0.1) is 10.2 Å². The zero-order valence-electron chi connectivity index (χ0n) is 19.0. The molecule has 0 unspecified atom stereocenters. The largest absolute Gasteiger partial charge is 0.363 e. The summed E-state index contributed by atoms with van der Waals surface area (Å²) in [7, 11) is 2.15. The summed E-state index contributed by atoms with van der Waals surface area (Å²) in [6.45, 7) is 7.18. The van der Waals surface area contributed by atoms with E-state index in [0.717, 1.165) is 29.9 Å². The van der Waals surface area contributed by atoms with E-state index in [-0.39, 0.29) is 5.54 Å². The molecule has 2 aromatic rings. The number of rotatable bonds is 7. The third kappa shape index (κ3) is 4.23. The lowest BCUT2D eigenvalue weighted by atomic mass is 9.89. The normalized spacial score (nSPS) is 27.2. The summed E-state index contributed by atoms with van der Waals surface area (Å²) >= 11 is 1.88. The summed E-state index contributed by atoms with van der Waals surface area (Å²) in [6.07, 6.45) is 13.0. The van der Waals surface area contributed by atoms with E-state index < -0.39 is 0 Å². The Bertz CT molecular complexity index is 864. The van der Waals surface area contributed by atoms with Crippen LogP contribution in [0.2, 0.25) is 0 Å². The van der Waals surface area contributed by atoms with Crippen molar-refractivity contribution in [3.63, 3.8) is 0 Å². The number of aromatic nitrogens is 4. The third-order valence-electron chi connectivity index (χ3n) is 7.87. The number of anilines is 1. The lowest BCUT2D eigenvalue weighted by Crippen LogP contribution is -2.47. The molecule has 0 amide bonds. The summed E-state index contributed by atoms with van der Waals surface area (Å²) in [5.74, 6) is 3.70. The Morgan fingerprint density at radius 2 is 2.03 bits per heavy atom. The van der Waals surface area contributed by atoms with Gasteiger partial charge in [-0.1, -0.05) is 31.0 Å². The number of thioether (sulfide) groups is 1. The Labute approximate surface area is 190 Å². The van der Waals surface area contributed by atoms with E-state index in [1.54, 1.807) is 0 Å². The first-order valence-corrected chi connectivity index (χ1v) is 13.1. The molecule has 1 aliphatic carbocycles. The number of likely N-dealkylation sites (tertiary alicyclic amines) is 1. The van der Waals surface area contributed by atoms with E-state index in [1.807, 2.05) is 24.2 Å². The van der Waals surface area contributed by atoms with Crippen molar-refractivity contribution in [1.29, 1.82) is 0 Å². The second-order valence-electron chi connectivity index (χ2n) is 9.88. The minimum Gasteiger partial charge on any atom is -0.363 e. The number of pyridine rings is 1. The van der Waals surface area contributed by atoms with Gasteiger partial charge in [0, 0.05) is 44.5 Å². The highest BCUT2D eigenvalue weighted by atomic mass is 32.2. The van der Waals surface area contributed by atoms with Crippen molar-refractivity contribution in [3.05, 3.63) is 30.4 Å². The van der Waals surface area contributed by atoms with E-state index in [4.69, 9.17) is 0 Å². The van der Waals surface area contributed by atoms with E-state index >= 15 is 0 Å². The molecule has 168 valence electrons. The quantitative estimate of drug-likeness (QED) is 0.471. The number of nitrogens with zero attached hydrogens (tertiary/aromatic N) is 6. The van der Waals surface area contributed by atoms with Crippen LogP contribution in [-0.2, 0) is 7.05 Å². The standard InChI is InChI=1S/C24H36N6S/c1-24-18-29(17-20(24)11-14-30(24)21-10-6-12-25-16-21)13-7-15-31-23-27-26-22(28(23)2)19-8-4-3-5-9-19/h6,10,12,16,19-20H,3-5,7-9,11,13-15,17-18H2,1-2H3/t20-,24+/m0/s1. The van der Waals surface area contributed by atoms with Crippen molar-refractivity contribution >= 4 is 17.4 Å². The molecule has 5 rings (SSSR count). The minimum absolute atomic E-state index is 0.245. The van der Waals surface area contributed by atoms with Crippen LogP contribution in [0.4, 0.5) is 5.69 Å². The molecule has 0 spiro atoms. The minimum atomic E-state index is 0.245. The van der Waals surface area contributed by atoms with E-state index in [0.29, 0.717) is 5.92 Å². The monoisotopic (exact) mass is 440 g/mol. The fourth-order valence-electron chi connectivity index (χ4n) is 6.13. The molecule has 0 radical (unpaired) electrons. The van der Waals surface area contributed by atoms with Crippen molar-refractivity contribution in [2.24, 2.45) is 13.0 Å². The van der Waals surface area contributed by atoms with Gasteiger partial charge in [-0.3, -0.25) is 4.98 Å². The lowest BCUT2D eigenvalue weighted by molar-refractivity contribution is 0.310. The SMILES string of the molecule is Cn1c(SCCCN2C[C@@H]3CCN(c4cccnc4)[C@]3(C)C2)nnc1C1CCCCC1. The van der Waals surface area contributed by atoms with Crippen LogP contribution in [0.3, 0.4) is 0 Å². The van der Waals surface area contributed by atoms with Crippen LogP contribution >= 0.6 is 11.8 Å². The van der Waals surface area contributed by atoms with Gasteiger partial charge in [-0.05, 0) is 57.2 Å². The summed E-state index contributed by atoms with van der Waals surface area (Å²) in [5.41, 5.74) is 1.52. The third-order valence-corrected chi connectivity index (χ3v) is 8.97. The van der Waals surface area contributed by atoms with Crippen LogP contribution in [0.5, 0.6) is 0 Å². The summed E-state index contributed by atoms with van der Waals surface area (Å²) in [4.78, 5) is 9.63. The summed E-state index contributed by atoms with van der Waals surface area (Å²) in [6, 6.07) is 4.27. The second kappa shape index (κ2) is 9.10. The molecule has 3 aliphatic rings. The van der Waals surface area contributed by atoms with Gasteiger partial charge in [0.1, 0.15) is 5.82 Å². The molecule has 31 heavy (non-hydrogen) atoms. The van der Waals surface area contributed by atoms with Crippen molar-refractivity contribution in [2.45, 2.75) is 68.5 Å². The first kappa shape index (κ1) is 21.3. The van der Waals surface area contributed by atoms with Crippen LogP contribution in [0.15, 0.2) is 29.7 Å². The van der Waals surface area contributed by atoms with Crippen molar-refractivity contribution in [1.82, 2.24) is 24.6 Å². The van der Waals surface area contributed by atoms with Crippen LogP contribution < -0.4 is 4.90 Å².